The van der Waals surface area contributed by atoms with Crippen LogP contribution < -0.4 is 5.32 Å². The fraction of sp³-hybridized carbons (Fsp3) is 0.455. The lowest BCUT2D eigenvalue weighted by atomic mass is 10.1. The molecule has 1 aliphatic heterocycles. The Morgan fingerprint density at radius 2 is 2.08 bits per heavy atom. The molecule has 1 saturated heterocycles. The molecule has 0 unspecified atom stereocenters. The van der Waals surface area contributed by atoms with Gasteiger partial charge in [0.2, 0.25) is 0 Å². The third kappa shape index (κ3) is 2.08. The average Bonchev–Trinajstić information content (AvgIpc) is 2.20. The summed E-state index contributed by atoms with van der Waals surface area (Å²) in [6.07, 6.45) is 0.347. The summed E-state index contributed by atoms with van der Waals surface area (Å²) in [5.41, 5.74) is 1.31. The van der Waals surface area contributed by atoms with Crippen molar-refractivity contribution < 1.29 is 4.74 Å². The van der Waals surface area contributed by atoms with E-state index in [0.29, 0.717) is 12.1 Å². The third-order valence-corrected chi connectivity index (χ3v) is 2.40. The molecular weight excluding hydrogens is 162 g/mol. The van der Waals surface area contributed by atoms with Crippen LogP contribution >= 0.6 is 0 Å². The Bertz CT molecular complexity index is 252. The van der Waals surface area contributed by atoms with E-state index in [-0.39, 0.29) is 0 Å². The Morgan fingerprint density at radius 1 is 1.31 bits per heavy atom. The molecule has 1 aromatic rings. The van der Waals surface area contributed by atoms with Gasteiger partial charge in [-0.15, -0.1) is 0 Å². The predicted octanol–water partition coefficient (Wildman–Crippen LogP) is 1.74. The molecule has 2 nitrogen and oxygen atoms in total. The van der Waals surface area contributed by atoms with Crippen molar-refractivity contribution >= 4 is 0 Å². The van der Waals surface area contributed by atoms with E-state index in [1.165, 1.54) is 5.56 Å². The number of hydrogen-bond donors (Lipinski definition) is 1. The van der Waals surface area contributed by atoms with Crippen LogP contribution in [0.2, 0.25) is 0 Å². The summed E-state index contributed by atoms with van der Waals surface area (Å²) in [5, 5.41) is 3.46. The lowest BCUT2D eigenvalue weighted by molar-refractivity contribution is 0.0149. The first-order chi connectivity index (χ1) is 6.36. The summed E-state index contributed by atoms with van der Waals surface area (Å²) in [5.74, 6) is 0. The Morgan fingerprint density at radius 3 is 2.69 bits per heavy atom. The monoisotopic (exact) mass is 177 g/mol. The quantitative estimate of drug-likeness (QED) is 0.705. The minimum atomic E-state index is 0.347. The molecule has 0 amide bonds. The molecule has 1 heterocycles. The second-order valence-electron chi connectivity index (χ2n) is 3.52. The highest BCUT2D eigenvalue weighted by atomic mass is 16.5. The molecule has 2 heteroatoms. The van der Waals surface area contributed by atoms with Crippen molar-refractivity contribution in [2.75, 3.05) is 13.2 Å². The number of benzene rings is 1. The van der Waals surface area contributed by atoms with Crippen LogP contribution in [0.4, 0.5) is 0 Å². The van der Waals surface area contributed by atoms with E-state index in [0.717, 1.165) is 13.2 Å². The highest BCUT2D eigenvalue weighted by Gasteiger charge is 2.18. The summed E-state index contributed by atoms with van der Waals surface area (Å²) in [7, 11) is 0. The second-order valence-corrected chi connectivity index (χ2v) is 3.52. The topological polar surface area (TPSA) is 21.3 Å². The van der Waals surface area contributed by atoms with Gasteiger partial charge >= 0.3 is 0 Å². The Labute approximate surface area is 78.9 Å². The van der Waals surface area contributed by atoms with Crippen LogP contribution in [0.3, 0.4) is 0 Å². The van der Waals surface area contributed by atoms with Crippen LogP contribution in [0.15, 0.2) is 30.3 Å². The largest absolute Gasteiger partial charge is 0.375 e. The molecule has 70 valence electrons. The summed E-state index contributed by atoms with van der Waals surface area (Å²) in [6, 6.07) is 10.8. The Kier molecular flexibility index (Phi) is 2.62. The number of nitrogens with one attached hydrogen (secondary N) is 1. The molecule has 1 aromatic carbocycles. The highest BCUT2D eigenvalue weighted by Crippen LogP contribution is 2.16. The van der Waals surface area contributed by atoms with Crippen LogP contribution in [0.5, 0.6) is 0 Å². The zero-order valence-electron chi connectivity index (χ0n) is 7.86. The first-order valence-corrected chi connectivity index (χ1v) is 4.76. The van der Waals surface area contributed by atoms with Crippen LogP contribution in [-0.2, 0) is 4.74 Å². The van der Waals surface area contributed by atoms with Crippen LogP contribution in [0.25, 0.3) is 0 Å². The standard InChI is InChI=1S/C11H15NO/c1-9-7-12-11(8-13-9)10-5-3-2-4-6-10/h2-6,9,11-12H,7-8H2,1H3/t9-,11+/m0/s1. The Hall–Kier alpha value is -0.860. The third-order valence-electron chi connectivity index (χ3n) is 2.40. The van der Waals surface area contributed by atoms with Gasteiger partial charge in [-0.3, -0.25) is 0 Å². The van der Waals surface area contributed by atoms with E-state index < -0.39 is 0 Å². The van der Waals surface area contributed by atoms with E-state index in [1.807, 2.05) is 6.07 Å². The minimum absolute atomic E-state index is 0.347. The van der Waals surface area contributed by atoms with Crippen LogP contribution in [0, 0.1) is 0 Å². The molecule has 0 aliphatic carbocycles. The van der Waals surface area contributed by atoms with Gasteiger partial charge in [-0.1, -0.05) is 30.3 Å². The van der Waals surface area contributed by atoms with Crippen molar-refractivity contribution in [2.45, 2.75) is 19.1 Å². The first-order valence-electron chi connectivity index (χ1n) is 4.76. The van der Waals surface area contributed by atoms with Crippen LogP contribution in [-0.4, -0.2) is 19.3 Å². The maximum atomic E-state index is 5.58. The minimum Gasteiger partial charge on any atom is -0.375 e. The van der Waals surface area contributed by atoms with Crippen molar-refractivity contribution in [3.63, 3.8) is 0 Å². The molecule has 2 atom stereocenters. The maximum Gasteiger partial charge on any atom is 0.0672 e. The van der Waals surface area contributed by atoms with E-state index >= 15 is 0 Å². The molecule has 0 saturated carbocycles. The van der Waals surface area contributed by atoms with Gasteiger partial charge in [0.05, 0.1) is 18.8 Å². The van der Waals surface area contributed by atoms with E-state index in [1.54, 1.807) is 0 Å². The first kappa shape index (κ1) is 8.73. The van der Waals surface area contributed by atoms with Gasteiger partial charge in [0.1, 0.15) is 0 Å². The van der Waals surface area contributed by atoms with Gasteiger partial charge in [0.15, 0.2) is 0 Å². The molecule has 2 rings (SSSR count). The van der Waals surface area contributed by atoms with Gasteiger partial charge in [-0.25, -0.2) is 0 Å². The fourth-order valence-electron chi connectivity index (χ4n) is 1.59. The van der Waals surface area contributed by atoms with Gasteiger partial charge in [-0.2, -0.15) is 0 Å². The number of morpholine rings is 1. The van der Waals surface area contributed by atoms with E-state index in [4.69, 9.17) is 4.74 Å². The molecule has 1 aliphatic rings. The fourth-order valence-corrected chi connectivity index (χ4v) is 1.59. The van der Waals surface area contributed by atoms with Crippen molar-refractivity contribution in [2.24, 2.45) is 0 Å². The molecule has 0 aromatic heterocycles. The zero-order chi connectivity index (χ0) is 9.10. The summed E-state index contributed by atoms with van der Waals surface area (Å²) in [4.78, 5) is 0. The smallest absolute Gasteiger partial charge is 0.0672 e. The Balaban J connectivity index is 2.03. The predicted molar refractivity (Wildman–Crippen MR) is 52.6 cm³/mol. The molecular formula is C11H15NO. The molecule has 0 spiro atoms. The molecule has 0 bridgehead atoms. The summed E-state index contributed by atoms with van der Waals surface area (Å²) in [6.45, 7) is 3.82. The van der Waals surface area contributed by atoms with Gasteiger partial charge in [-0.05, 0) is 12.5 Å². The lowest BCUT2D eigenvalue weighted by Crippen LogP contribution is -2.39. The number of rotatable bonds is 1. The van der Waals surface area contributed by atoms with E-state index in [9.17, 15) is 0 Å². The molecule has 1 N–H and O–H groups in total. The van der Waals surface area contributed by atoms with Crippen molar-refractivity contribution in [1.29, 1.82) is 0 Å². The van der Waals surface area contributed by atoms with E-state index in [2.05, 4.69) is 36.5 Å². The number of ether oxygens (including phenoxy) is 1. The highest BCUT2D eigenvalue weighted by molar-refractivity contribution is 5.19. The maximum absolute atomic E-state index is 5.58. The number of hydrogen-bond acceptors (Lipinski definition) is 2. The second kappa shape index (κ2) is 3.90. The van der Waals surface area contributed by atoms with Crippen molar-refractivity contribution in [1.82, 2.24) is 5.32 Å². The zero-order valence-corrected chi connectivity index (χ0v) is 7.86. The summed E-state index contributed by atoms with van der Waals surface area (Å²) < 4.78 is 5.58. The van der Waals surface area contributed by atoms with Gasteiger partial charge in [0.25, 0.3) is 0 Å². The molecule has 0 radical (unpaired) electrons. The van der Waals surface area contributed by atoms with Crippen molar-refractivity contribution in [3.8, 4) is 0 Å². The van der Waals surface area contributed by atoms with Gasteiger partial charge < -0.3 is 10.1 Å². The summed E-state index contributed by atoms with van der Waals surface area (Å²) >= 11 is 0. The van der Waals surface area contributed by atoms with Gasteiger partial charge in [0, 0.05) is 6.54 Å². The van der Waals surface area contributed by atoms with Crippen LogP contribution in [0.1, 0.15) is 18.5 Å². The normalized spacial score (nSPS) is 28.7. The molecule has 13 heavy (non-hydrogen) atoms. The SMILES string of the molecule is C[C@H]1CN[C@@H](c2ccccc2)CO1. The molecule has 1 fully saturated rings. The lowest BCUT2D eigenvalue weighted by Gasteiger charge is -2.28. The van der Waals surface area contributed by atoms with Crippen molar-refractivity contribution in [3.05, 3.63) is 35.9 Å². The average molecular weight is 177 g/mol.